The second-order valence-corrected chi connectivity index (χ2v) is 7.46. The third-order valence-corrected chi connectivity index (χ3v) is 5.36. The fraction of sp³-hybridized carbons (Fsp3) is 0.400. The van der Waals surface area contributed by atoms with E-state index in [-0.39, 0.29) is 17.8 Å². The highest BCUT2D eigenvalue weighted by Gasteiger charge is 2.27. The number of ether oxygens (including phenoxy) is 4. The van der Waals surface area contributed by atoms with E-state index in [1.807, 2.05) is 37.3 Å². The Morgan fingerprint density at radius 1 is 1.00 bits per heavy atom. The highest BCUT2D eigenvalue weighted by molar-refractivity contribution is 5.88. The van der Waals surface area contributed by atoms with Gasteiger partial charge in [0.15, 0.2) is 17.3 Å². The van der Waals surface area contributed by atoms with Crippen molar-refractivity contribution in [3.05, 3.63) is 48.0 Å². The molecule has 0 saturated heterocycles. The van der Waals surface area contributed by atoms with Gasteiger partial charge < -0.3 is 18.9 Å². The van der Waals surface area contributed by atoms with Crippen LogP contribution in [0.4, 0.5) is 0 Å². The Bertz CT molecular complexity index is 1040. The number of benzene rings is 2. The average Bonchev–Trinajstić information content (AvgIpc) is 3.28. The van der Waals surface area contributed by atoms with Crippen LogP contribution < -0.4 is 18.9 Å². The number of methoxy groups -OCH3 is 3. The monoisotopic (exact) mass is 453 g/mol. The van der Waals surface area contributed by atoms with Gasteiger partial charge in [0.25, 0.3) is 5.91 Å². The molecule has 0 aliphatic rings. The molecule has 0 aliphatic carbocycles. The summed E-state index contributed by atoms with van der Waals surface area (Å²) >= 11 is 0. The average molecular weight is 454 g/mol. The van der Waals surface area contributed by atoms with E-state index in [9.17, 15) is 4.79 Å². The molecule has 2 aromatic carbocycles. The fourth-order valence-corrected chi connectivity index (χ4v) is 3.60. The minimum Gasteiger partial charge on any atom is -0.493 e. The van der Waals surface area contributed by atoms with E-state index in [0.29, 0.717) is 41.7 Å². The number of rotatable bonds is 11. The molecule has 1 atom stereocenters. The Labute approximate surface area is 194 Å². The topological polar surface area (TPSA) is 84.7 Å². The molecule has 0 saturated carbocycles. The first kappa shape index (κ1) is 24.1. The van der Waals surface area contributed by atoms with Gasteiger partial charge in [-0.2, -0.15) is 9.67 Å². The maximum atomic E-state index is 13.7. The van der Waals surface area contributed by atoms with E-state index < -0.39 is 0 Å². The Morgan fingerprint density at radius 3 is 2.21 bits per heavy atom. The van der Waals surface area contributed by atoms with Crippen molar-refractivity contribution in [1.29, 1.82) is 0 Å². The minimum atomic E-state index is -0.378. The predicted octanol–water partition coefficient (Wildman–Crippen LogP) is 4.98. The van der Waals surface area contributed by atoms with Crippen LogP contribution in [0.2, 0.25) is 0 Å². The number of aromatic nitrogens is 3. The molecule has 176 valence electrons. The first-order chi connectivity index (χ1) is 16.1. The Hall–Kier alpha value is -3.55. The molecular weight excluding hydrogens is 422 g/mol. The van der Waals surface area contributed by atoms with Crippen LogP contribution >= 0.6 is 0 Å². The van der Waals surface area contributed by atoms with Crippen molar-refractivity contribution < 1.29 is 23.7 Å². The van der Waals surface area contributed by atoms with E-state index >= 15 is 0 Å². The van der Waals surface area contributed by atoms with Gasteiger partial charge in [-0.1, -0.05) is 50.6 Å². The third-order valence-electron chi connectivity index (χ3n) is 5.36. The summed E-state index contributed by atoms with van der Waals surface area (Å²) in [6.07, 6.45) is 2.46. The van der Waals surface area contributed by atoms with Crippen LogP contribution in [-0.2, 0) is 0 Å². The van der Waals surface area contributed by atoms with Crippen molar-refractivity contribution in [1.82, 2.24) is 14.8 Å². The lowest BCUT2D eigenvalue weighted by atomic mass is 9.95. The SMILES string of the molecule is CCCCOc1nc(-c2cc(OC)c(OC)c(OC)c2)n(C(=O)C(CC)c2ccccc2)n1. The number of hydrogen-bond donors (Lipinski definition) is 0. The van der Waals surface area contributed by atoms with Crippen molar-refractivity contribution in [3.8, 4) is 34.6 Å². The molecule has 8 heteroatoms. The molecule has 0 amide bonds. The van der Waals surface area contributed by atoms with Crippen LogP contribution in [0.5, 0.6) is 23.3 Å². The first-order valence-corrected chi connectivity index (χ1v) is 11.1. The molecular formula is C25H31N3O5. The Balaban J connectivity index is 2.12. The highest BCUT2D eigenvalue weighted by Crippen LogP contribution is 2.41. The van der Waals surface area contributed by atoms with Crippen LogP contribution in [0, 0.1) is 0 Å². The zero-order chi connectivity index (χ0) is 23.8. The molecule has 0 N–H and O–H groups in total. The number of unbranched alkanes of at least 4 members (excludes halogenated alkanes) is 1. The van der Waals surface area contributed by atoms with Gasteiger partial charge in [-0.3, -0.25) is 4.79 Å². The Kier molecular flexibility index (Phi) is 8.29. The molecule has 0 spiro atoms. The third kappa shape index (κ3) is 5.27. The van der Waals surface area contributed by atoms with Gasteiger partial charge in [0, 0.05) is 5.56 Å². The molecule has 1 aromatic heterocycles. The molecule has 1 heterocycles. The van der Waals surface area contributed by atoms with E-state index in [2.05, 4.69) is 17.0 Å². The number of hydrogen-bond acceptors (Lipinski definition) is 7. The minimum absolute atomic E-state index is 0.156. The van der Waals surface area contributed by atoms with Gasteiger partial charge in [0.2, 0.25) is 5.75 Å². The first-order valence-electron chi connectivity index (χ1n) is 11.1. The molecule has 0 aliphatic heterocycles. The van der Waals surface area contributed by atoms with Crippen molar-refractivity contribution in [2.24, 2.45) is 0 Å². The van der Waals surface area contributed by atoms with Gasteiger partial charge >= 0.3 is 6.01 Å². The van der Waals surface area contributed by atoms with Crippen LogP contribution in [0.1, 0.15) is 49.4 Å². The summed E-state index contributed by atoms with van der Waals surface area (Å²) in [5, 5.41) is 4.43. The fourth-order valence-electron chi connectivity index (χ4n) is 3.60. The second kappa shape index (κ2) is 11.4. The molecule has 3 aromatic rings. The van der Waals surface area contributed by atoms with Gasteiger partial charge in [-0.05, 0) is 30.5 Å². The standard InChI is InChI=1S/C25H31N3O5/c1-6-8-14-33-25-26-23(18-15-20(30-3)22(32-5)21(16-18)31-4)28(27-25)24(29)19(7-2)17-12-10-9-11-13-17/h9-13,15-16,19H,6-8,14H2,1-5H3. The maximum absolute atomic E-state index is 13.7. The summed E-state index contributed by atoms with van der Waals surface area (Å²) in [6.45, 7) is 4.52. The van der Waals surface area contributed by atoms with Crippen LogP contribution in [0.15, 0.2) is 42.5 Å². The second-order valence-electron chi connectivity index (χ2n) is 7.46. The van der Waals surface area contributed by atoms with E-state index in [4.69, 9.17) is 18.9 Å². The zero-order valence-electron chi connectivity index (χ0n) is 19.8. The van der Waals surface area contributed by atoms with Crippen molar-refractivity contribution in [2.75, 3.05) is 27.9 Å². The van der Waals surface area contributed by atoms with Gasteiger partial charge in [0.1, 0.15) is 0 Å². The number of nitrogens with zero attached hydrogens (tertiary/aromatic N) is 3. The van der Waals surface area contributed by atoms with E-state index in [0.717, 1.165) is 18.4 Å². The lowest BCUT2D eigenvalue weighted by Crippen LogP contribution is -2.22. The summed E-state index contributed by atoms with van der Waals surface area (Å²) in [5.74, 6) is 1.15. The van der Waals surface area contributed by atoms with Crippen LogP contribution in [0.25, 0.3) is 11.4 Å². The normalized spacial score (nSPS) is 11.7. The summed E-state index contributed by atoms with van der Waals surface area (Å²) in [7, 11) is 4.62. The largest absolute Gasteiger partial charge is 0.493 e. The molecule has 1 unspecified atom stereocenters. The highest BCUT2D eigenvalue weighted by atomic mass is 16.5. The molecule has 0 fully saturated rings. The van der Waals surface area contributed by atoms with Crippen molar-refractivity contribution in [2.45, 2.75) is 39.0 Å². The zero-order valence-corrected chi connectivity index (χ0v) is 19.8. The molecule has 3 rings (SSSR count). The lowest BCUT2D eigenvalue weighted by Gasteiger charge is -2.16. The molecule has 33 heavy (non-hydrogen) atoms. The smallest absolute Gasteiger partial charge is 0.336 e. The Morgan fingerprint density at radius 2 is 1.67 bits per heavy atom. The summed E-state index contributed by atoms with van der Waals surface area (Å²) < 4.78 is 23.5. The lowest BCUT2D eigenvalue weighted by molar-refractivity contribution is 0.0858. The van der Waals surface area contributed by atoms with Crippen molar-refractivity contribution >= 4 is 5.91 Å². The van der Waals surface area contributed by atoms with Gasteiger partial charge in [-0.15, -0.1) is 5.10 Å². The summed E-state index contributed by atoms with van der Waals surface area (Å²) in [6, 6.07) is 13.3. The van der Waals surface area contributed by atoms with Crippen LogP contribution in [-0.4, -0.2) is 48.6 Å². The molecule has 8 nitrogen and oxygen atoms in total. The quantitative estimate of drug-likeness (QED) is 0.378. The van der Waals surface area contributed by atoms with Crippen molar-refractivity contribution in [3.63, 3.8) is 0 Å². The predicted molar refractivity (Wildman–Crippen MR) is 126 cm³/mol. The van der Waals surface area contributed by atoms with Crippen LogP contribution in [0.3, 0.4) is 0 Å². The van der Waals surface area contributed by atoms with E-state index in [1.54, 1.807) is 26.4 Å². The summed E-state index contributed by atoms with van der Waals surface area (Å²) in [5.41, 5.74) is 1.52. The molecule has 0 radical (unpaired) electrons. The van der Waals surface area contributed by atoms with Gasteiger partial charge in [-0.25, -0.2) is 0 Å². The van der Waals surface area contributed by atoms with E-state index in [1.165, 1.54) is 11.8 Å². The maximum Gasteiger partial charge on any atom is 0.336 e. The van der Waals surface area contributed by atoms with Gasteiger partial charge in [0.05, 0.1) is 33.9 Å². The molecule has 0 bridgehead atoms. The number of carbonyl (C=O) groups is 1. The summed E-state index contributed by atoms with van der Waals surface area (Å²) in [4.78, 5) is 18.2. The number of carbonyl (C=O) groups excluding carboxylic acids is 1.